The van der Waals surface area contributed by atoms with Gasteiger partial charge >= 0.3 is 0 Å². The lowest BCUT2D eigenvalue weighted by atomic mass is 10.1. The fraction of sp³-hybridized carbons (Fsp3) is 0.375. The third-order valence-electron chi connectivity index (χ3n) is 5.63. The Hall–Kier alpha value is -3.55. The first-order chi connectivity index (χ1) is 15.6. The van der Waals surface area contributed by atoms with Crippen molar-refractivity contribution in [1.29, 1.82) is 0 Å². The zero-order valence-corrected chi connectivity index (χ0v) is 18.4. The fourth-order valence-corrected chi connectivity index (χ4v) is 3.90. The number of carbonyl (C=O) groups excluding carboxylic acids is 2. The number of aromatic nitrogens is 4. The molecule has 1 aromatic heterocycles. The SMILES string of the molecule is Cc1cccc(C(=O)N2CCCN(C(=O)CCCn3nnc(-c4ccccc4)n3)CC2)c1. The molecular weight excluding hydrogens is 404 g/mol. The molecule has 2 heterocycles. The molecule has 4 rings (SSSR count). The van der Waals surface area contributed by atoms with Gasteiger partial charge in [-0.1, -0.05) is 48.0 Å². The molecular formula is C24H28N6O2. The smallest absolute Gasteiger partial charge is 0.253 e. The van der Waals surface area contributed by atoms with Crippen molar-refractivity contribution in [3.05, 3.63) is 65.7 Å². The van der Waals surface area contributed by atoms with Crippen LogP contribution >= 0.6 is 0 Å². The Labute approximate surface area is 187 Å². The Morgan fingerprint density at radius 3 is 2.53 bits per heavy atom. The molecule has 1 aliphatic heterocycles. The van der Waals surface area contributed by atoms with E-state index < -0.39 is 0 Å². The lowest BCUT2D eigenvalue weighted by molar-refractivity contribution is -0.131. The number of benzene rings is 2. The Bertz CT molecular complexity index is 1070. The summed E-state index contributed by atoms with van der Waals surface area (Å²) in [5.74, 6) is 0.732. The van der Waals surface area contributed by atoms with E-state index in [4.69, 9.17) is 0 Å². The highest BCUT2D eigenvalue weighted by Crippen LogP contribution is 2.13. The van der Waals surface area contributed by atoms with Gasteiger partial charge in [0.2, 0.25) is 11.7 Å². The number of aryl methyl sites for hydroxylation is 2. The second-order valence-corrected chi connectivity index (χ2v) is 8.07. The number of hydrogen-bond acceptors (Lipinski definition) is 5. The van der Waals surface area contributed by atoms with Gasteiger partial charge < -0.3 is 9.80 Å². The van der Waals surface area contributed by atoms with Crippen LogP contribution in [0.5, 0.6) is 0 Å². The van der Waals surface area contributed by atoms with E-state index in [0.717, 1.165) is 17.5 Å². The van der Waals surface area contributed by atoms with Crippen molar-refractivity contribution >= 4 is 11.8 Å². The van der Waals surface area contributed by atoms with Gasteiger partial charge in [-0.05, 0) is 37.1 Å². The predicted molar refractivity (Wildman–Crippen MR) is 121 cm³/mol. The molecule has 1 saturated heterocycles. The van der Waals surface area contributed by atoms with Gasteiger partial charge in [0.25, 0.3) is 5.91 Å². The number of rotatable bonds is 6. The van der Waals surface area contributed by atoms with Crippen molar-refractivity contribution in [3.8, 4) is 11.4 Å². The third kappa shape index (κ3) is 5.38. The second kappa shape index (κ2) is 10.2. The third-order valence-corrected chi connectivity index (χ3v) is 5.63. The molecule has 2 amide bonds. The molecule has 8 heteroatoms. The normalized spacial score (nSPS) is 14.3. The number of hydrogen-bond donors (Lipinski definition) is 0. The Morgan fingerprint density at radius 1 is 0.938 bits per heavy atom. The van der Waals surface area contributed by atoms with E-state index in [1.165, 1.54) is 0 Å². The van der Waals surface area contributed by atoms with Crippen LogP contribution in [0, 0.1) is 6.92 Å². The van der Waals surface area contributed by atoms with E-state index >= 15 is 0 Å². The van der Waals surface area contributed by atoms with Gasteiger partial charge in [-0.15, -0.1) is 10.2 Å². The first kappa shape index (κ1) is 21.7. The molecule has 0 unspecified atom stereocenters. The van der Waals surface area contributed by atoms with Crippen LogP contribution in [0.2, 0.25) is 0 Å². The van der Waals surface area contributed by atoms with Crippen molar-refractivity contribution < 1.29 is 9.59 Å². The number of nitrogens with zero attached hydrogens (tertiary/aromatic N) is 6. The predicted octanol–water partition coefficient (Wildman–Crippen LogP) is 2.80. The summed E-state index contributed by atoms with van der Waals surface area (Å²) in [5, 5.41) is 12.6. The number of carbonyl (C=O) groups is 2. The number of tetrazole rings is 1. The second-order valence-electron chi connectivity index (χ2n) is 8.07. The first-order valence-electron chi connectivity index (χ1n) is 11.1. The molecule has 0 spiro atoms. The first-order valence-corrected chi connectivity index (χ1v) is 11.1. The van der Waals surface area contributed by atoms with E-state index in [0.29, 0.717) is 57.0 Å². The van der Waals surface area contributed by atoms with Crippen LogP contribution in [0.4, 0.5) is 0 Å². The van der Waals surface area contributed by atoms with Gasteiger partial charge in [0.1, 0.15) is 0 Å². The van der Waals surface area contributed by atoms with Crippen molar-refractivity contribution in [1.82, 2.24) is 30.0 Å². The van der Waals surface area contributed by atoms with Crippen LogP contribution < -0.4 is 0 Å². The van der Waals surface area contributed by atoms with Crippen LogP contribution in [0.25, 0.3) is 11.4 Å². The van der Waals surface area contributed by atoms with Gasteiger partial charge in [-0.25, -0.2) is 0 Å². The number of amides is 2. The Kier molecular flexibility index (Phi) is 6.89. The van der Waals surface area contributed by atoms with E-state index in [1.807, 2.05) is 71.3 Å². The van der Waals surface area contributed by atoms with Crippen molar-refractivity contribution in [2.24, 2.45) is 0 Å². The molecule has 1 fully saturated rings. The molecule has 3 aromatic rings. The van der Waals surface area contributed by atoms with Gasteiger partial charge in [-0.3, -0.25) is 9.59 Å². The van der Waals surface area contributed by atoms with Crippen LogP contribution in [0.15, 0.2) is 54.6 Å². The lowest BCUT2D eigenvalue weighted by Crippen LogP contribution is -2.37. The topological polar surface area (TPSA) is 84.2 Å². The molecule has 0 aliphatic carbocycles. The van der Waals surface area contributed by atoms with Crippen LogP contribution in [0.3, 0.4) is 0 Å². The summed E-state index contributed by atoms with van der Waals surface area (Å²) in [6.07, 6.45) is 1.86. The molecule has 2 aromatic carbocycles. The molecule has 0 radical (unpaired) electrons. The van der Waals surface area contributed by atoms with Crippen LogP contribution in [-0.2, 0) is 11.3 Å². The molecule has 0 N–H and O–H groups in total. The lowest BCUT2D eigenvalue weighted by Gasteiger charge is -2.22. The summed E-state index contributed by atoms with van der Waals surface area (Å²) in [5.41, 5.74) is 2.70. The Morgan fingerprint density at radius 2 is 1.72 bits per heavy atom. The molecule has 32 heavy (non-hydrogen) atoms. The molecule has 1 aliphatic rings. The largest absolute Gasteiger partial charge is 0.341 e. The van der Waals surface area contributed by atoms with E-state index in [1.54, 1.807) is 4.80 Å². The zero-order valence-electron chi connectivity index (χ0n) is 18.4. The van der Waals surface area contributed by atoms with Crippen LogP contribution in [0.1, 0.15) is 35.2 Å². The average molecular weight is 433 g/mol. The summed E-state index contributed by atoms with van der Waals surface area (Å²) in [4.78, 5) is 30.8. The molecule has 166 valence electrons. The highest BCUT2D eigenvalue weighted by molar-refractivity contribution is 5.94. The van der Waals surface area contributed by atoms with Crippen molar-refractivity contribution in [2.45, 2.75) is 32.7 Å². The maximum Gasteiger partial charge on any atom is 0.253 e. The zero-order chi connectivity index (χ0) is 22.3. The molecule has 0 atom stereocenters. The Balaban J connectivity index is 1.25. The van der Waals surface area contributed by atoms with Gasteiger partial charge in [-0.2, -0.15) is 4.80 Å². The monoisotopic (exact) mass is 432 g/mol. The average Bonchev–Trinajstić information content (AvgIpc) is 3.14. The highest BCUT2D eigenvalue weighted by atomic mass is 16.2. The fourth-order valence-electron chi connectivity index (χ4n) is 3.90. The summed E-state index contributed by atoms with van der Waals surface area (Å²) >= 11 is 0. The van der Waals surface area contributed by atoms with E-state index in [-0.39, 0.29) is 11.8 Å². The minimum Gasteiger partial charge on any atom is -0.341 e. The molecule has 0 bridgehead atoms. The van der Waals surface area contributed by atoms with Crippen LogP contribution in [-0.4, -0.2) is 68.0 Å². The maximum atomic E-state index is 12.8. The van der Waals surface area contributed by atoms with Gasteiger partial charge in [0, 0.05) is 43.7 Å². The van der Waals surface area contributed by atoms with E-state index in [2.05, 4.69) is 15.4 Å². The summed E-state index contributed by atoms with van der Waals surface area (Å²) < 4.78 is 0. The minimum absolute atomic E-state index is 0.0366. The van der Waals surface area contributed by atoms with Crippen molar-refractivity contribution in [2.75, 3.05) is 26.2 Å². The quantitative estimate of drug-likeness (QED) is 0.598. The summed E-state index contributed by atoms with van der Waals surface area (Å²) in [6.45, 7) is 4.99. The van der Waals surface area contributed by atoms with Gasteiger partial charge in [0.15, 0.2) is 0 Å². The standard InChI is InChI=1S/C24H28N6O2/c1-19-8-5-11-21(18-19)24(32)29-14-7-13-28(16-17-29)22(31)12-6-15-30-26-23(25-27-30)20-9-3-2-4-10-20/h2-5,8-11,18H,6-7,12-17H2,1H3. The van der Waals surface area contributed by atoms with Gasteiger partial charge in [0.05, 0.1) is 6.54 Å². The summed E-state index contributed by atoms with van der Waals surface area (Å²) in [6, 6.07) is 17.4. The molecule has 8 nitrogen and oxygen atoms in total. The molecule has 0 saturated carbocycles. The minimum atomic E-state index is 0.0366. The maximum absolute atomic E-state index is 12.8. The van der Waals surface area contributed by atoms with Crippen molar-refractivity contribution in [3.63, 3.8) is 0 Å². The van der Waals surface area contributed by atoms with E-state index in [9.17, 15) is 9.59 Å². The highest BCUT2D eigenvalue weighted by Gasteiger charge is 2.22. The summed E-state index contributed by atoms with van der Waals surface area (Å²) in [7, 11) is 0.